The summed E-state index contributed by atoms with van der Waals surface area (Å²) in [6, 6.07) is 12.0. The third kappa shape index (κ3) is 4.39. The molecule has 4 nitrogen and oxygen atoms in total. The number of halogens is 2. The Morgan fingerprint density at radius 2 is 1.71 bits per heavy atom. The molecule has 0 saturated carbocycles. The third-order valence-electron chi connectivity index (χ3n) is 2.63. The van der Waals surface area contributed by atoms with Gasteiger partial charge in [0.05, 0.1) is 5.33 Å². The predicted molar refractivity (Wildman–Crippen MR) is 83.2 cm³/mol. The van der Waals surface area contributed by atoms with Crippen LogP contribution in [-0.2, 0) is 4.79 Å². The molecule has 0 atom stereocenters. The van der Waals surface area contributed by atoms with E-state index in [2.05, 4.69) is 26.6 Å². The van der Waals surface area contributed by atoms with Crippen LogP contribution in [0.2, 0.25) is 0 Å². The van der Waals surface area contributed by atoms with Gasteiger partial charge in [-0.2, -0.15) is 0 Å². The van der Waals surface area contributed by atoms with Crippen molar-refractivity contribution >= 4 is 39.1 Å². The van der Waals surface area contributed by atoms with Crippen LogP contribution in [0.4, 0.5) is 15.8 Å². The molecule has 0 aliphatic heterocycles. The zero-order chi connectivity index (χ0) is 15.2. The number of hydrogen-bond acceptors (Lipinski definition) is 2. The summed E-state index contributed by atoms with van der Waals surface area (Å²) in [6.07, 6.45) is 0. The molecule has 0 saturated heterocycles. The van der Waals surface area contributed by atoms with Gasteiger partial charge in [-0.1, -0.05) is 22.0 Å². The molecule has 0 bridgehead atoms. The van der Waals surface area contributed by atoms with Crippen molar-refractivity contribution < 1.29 is 14.0 Å². The van der Waals surface area contributed by atoms with Crippen LogP contribution in [0.25, 0.3) is 0 Å². The summed E-state index contributed by atoms with van der Waals surface area (Å²) in [4.78, 5) is 23.4. The van der Waals surface area contributed by atoms with Crippen LogP contribution in [0.3, 0.4) is 0 Å². The van der Waals surface area contributed by atoms with Gasteiger partial charge in [0.2, 0.25) is 5.91 Å². The molecule has 2 amide bonds. The number of anilines is 2. The highest BCUT2D eigenvalue weighted by Crippen LogP contribution is 2.14. The Kier molecular flexibility index (Phi) is 5.05. The Labute approximate surface area is 129 Å². The van der Waals surface area contributed by atoms with Gasteiger partial charge in [0.1, 0.15) is 5.82 Å². The number of benzene rings is 2. The van der Waals surface area contributed by atoms with Gasteiger partial charge < -0.3 is 10.6 Å². The van der Waals surface area contributed by atoms with Gasteiger partial charge in [-0.3, -0.25) is 9.59 Å². The molecule has 2 aromatic carbocycles. The Bertz CT molecular complexity index is 659. The van der Waals surface area contributed by atoms with E-state index in [1.165, 1.54) is 24.3 Å². The highest BCUT2D eigenvalue weighted by Gasteiger charge is 2.08. The monoisotopic (exact) mass is 350 g/mol. The summed E-state index contributed by atoms with van der Waals surface area (Å²) in [5.41, 5.74) is 1.43. The number of amides is 2. The molecule has 0 heterocycles. The Hall–Kier alpha value is -2.21. The van der Waals surface area contributed by atoms with Crippen LogP contribution >= 0.6 is 15.9 Å². The van der Waals surface area contributed by atoms with Gasteiger partial charge >= 0.3 is 0 Å². The minimum Gasteiger partial charge on any atom is -0.325 e. The Morgan fingerprint density at radius 3 is 2.38 bits per heavy atom. The second-order valence-electron chi connectivity index (χ2n) is 4.22. The molecule has 21 heavy (non-hydrogen) atoms. The van der Waals surface area contributed by atoms with Crippen molar-refractivity contribution in [2.45, 2.75) is 0 Å². The zero-order valence-electron chi connectivity index (χ0n) is 10.9. The molecule has 0 spiro atoms. The molecular weight excluding hydrogens is 339 g/mol. The molecule has 2 aromatic rings. The van der Waals surface area contributed by atoms with E-state index >= 15 is 0 Å². The van der Waals surface area contributed by atoms with Gasteiger partial charge in [-0.15, -0.1) is 0 Å². The van der Waals surface area contributed by atoms with Crippen LogP contribution in [0, 0.1) is 5.82 Å². The number of carbonyl (C=O) groups is 2. The van der Waals surface area contributed by atoms with Crippen LogP contribution < -0.4 is 10.6 Å². The van der Waals surface area contributed by atoms with Crippen molar-refractivity contribution in [3.8, 4) is 0 Å². The van der Waals surface area contributed by atoms with E-state index in [-0.39, 0.29) is 23.0 Å². The first kappa shape index (κ1) is 15.2. The molecule has 108 valence electrons. The van der Waals surface area contributed by atoms with Crippen LogP contribution in [0.15, 0.2) is 48.5 Å². The standard InChI is InChI=1S/C15H12BrFN2O2/c16-9-14(20)18-13-3-1-2-10(8-13)15(21)19-12-6-4-11(17)5-7-12/h1-8H,9H2,(H,18,20)(H,19,21). The van der Waals surface area contributed by atoms with Crippen molar-refractivity contribution in [3.63, 3.8) is 0 Å². The van der Waals surface area contributed by atoms with Crippen molar-refractivity contribution in [1.29, 1.82) is 0 Å². The van der Waals surface area contributed by atoms with Crippen LogP contribution in [-0.4, -0.2) is 17.1 Å². The van der Waals surface area contributed by atoms with Crippen LogP contribution in [0.5, 0.6) is 0 Å². The minimum absolute atomic E-state index is 0.180. The lowest BCUT2D eigenvalue weighted by Gasteiger charge is -2.07. The number of alkyl halides is 1. The number of hydrogen-bond donors (Lipinski definition) is 2. The fourth-order valence-corrected chi connectivity index (χ4v) is 1.81. The lowest BCUT2D eigenvalue weighted by molar-refractivity contribution is -0.113. The molecule has 2 N–H and O–H groups in total. The lowest BCUT2D eigenvalue weighted by Crippen LogP contribution is -2.15. The molecule has 2 rings (SSSR count). The largest absolute Gasteiger partial charge is 0.325 e. The first-order chi connectivity index (χ1) is 10.1. The molecular formula is C15H12BrFN2O2. The van der Waals surface area contributed by atoms with E-state index < -0.39 is 0 Å². The van der Waals surface area contributed by atoms with Gasteiger partial charge in [0.25, 0.3) is 5.91 Å². The first-order valence-electron chi connectivity index (χ1n) is 6.11. The average molecular weight is 351 g/mol. The maximum Gasteiger partial charge on any atom is 0.255 e. The van der Waals surface area contributed by atoms with Gasteiger partial charge in [0.15, 0.2) is 0 Å². The molecule has 6 heteroatoms. The normalized spacial score (nSPS) is 10.0. The second-order valence-corrected chi connectivity index (χ2v) is 4.78. The third-order valence-corrected chi connectivity index (χ3v) is 3.14. The van der Waals surface area contributed by atoms with Crippen molar-refractivity contribution in [2.75, 3.05) is 16.0 Å². The van der Waals surface area contributed by atoms with E-state index in [1.54, 1.807) is 24.3 Å². The molecule has 0 radical (unpaired) electrons. The summed E-state index contributed by atoms with van der Waals surface area (Å²) in [7, 11) is 0. The topological polar surface area (TPSA) is 58.2 Å². The lowest BCUT2D eigenvalue weighted by atomic mass is 10.2. The molecule has 0 aliphatic carbocycles. The minimum atomic E-state index is -0.368. The summed E-state index contributed by atoms with van der Waals surface area (Å²) >= 11 is 3.05. The summed E-state index contributed by atoms with van der Waals surface area (Å²) in [6.45, 7) is 0. The quantitative estimate of drug-likeness (QED) is 0.830. The fraction of sp³-hybridized carbons (Fsp3) is 0.0667. The summed E-state index contributed by atoms with van der Waals surface area (Å²) < 4.78 is 12.8. The van der Waals surface area contributed by atoms with Crippen molar-refractivity contribution in [3.05, 3.63) is 59.9 Å². The van der Waals surface area contributed by atoms with E-state index in [9.17, 15) is 14.0 Å². The zero-order valence-corrected chi connectivity index (χ0v) is 12.5. The van der Waals surface area contributed by atoms with E-state index in [1.807, 2.05) is 0 Å². The molecule has 0 aliphatic rings. The fourth-order valence-electron chi connectivity index (χ4n) is 1.67. The highest BCUT2D eigenvalue weighted by molar-refractivity contribution is 9.09. The summed E-state index contributed by atoms with van der Waals surface area (Å²) in [5, 5.41) is 5.47. The average Bonchev–Trinajstić information content (AvgIpc) is 2.49. The highest BCUT2D eigenvalue weighted by atomic mass is 79.9. The molecule has 0 fully saturated rings. The second kappa shape index (κ2) is 6.99. The maximum atomic E-state index is 12.8. The Morgan fingerprint density at radius 1 is 1.00 bits per heavy atom. The van der Waals surface area contributed by atoms with Crippen molar-refractivity contribution in [2.24, 2.45) is 0 Å². The first-order valence-corrected chi connectivity index (χ1v) is 7.23. The molecule has 0 unspecified atom stereocenters. The van der Waals surface area contributed by atoms with E-state index in [4.69, 9.17) is 0 Å². The predicted octanol–water partition coefficient (Wildman–Crippen LogP) is 3.41. The number of carbonyl (C=O) groups excluding carboxylic acids is 2. The van der Waals surface area contributed by atoms with E-state index in [0.29, 0.717) is 16.9 Å². The number of nitrogens with one attached hydrogen (secondary N) is 2. The smallest absolute Gasteiger partial charge is 0.255 e. The molecule has 0 aromatic heterocycles. The maximum absolute atomic E-state index is 12.8. The van der Waals surface area contributed by atoms with Gasteiger partial charge in [-0.05, 0) is 42.5 Å². The van der Waals surface area contributed by atoms with Gasteiger partial charge in [0, 0.05) is 16.9 Å². The van der Waals surface area contributed by atoms with Crippen molar-refractivity contribution in [1.82, 2.24) is 0 Å². The van der Waals surface area contributed by atoms with Gasteiger partial charge in [-0.25, -0.2) is 4.39 Å². The number of rotatable bonds is 4. The Balaban J connectivity index is 2.10. The van der Waals surface area contributed by atoms with E-state index in [0.717, 1.165) is 0 Å². The summed E-state index contributed by atoms with van der Waals surface area (Å²) in [5.74, 6) is -0.907. The van der Waals surface area contributed by atoms with Crippen LogP contribution in [0.1, 0.15) is 10.4 Å². The SMILES string of the molecule is O=C(CBr)Nc1cccc(C(=O)Nc2ccc(F)cc2)c1.